The summed E-state index contributed by atoms with van der Waals surface area (Å²) < 4.78 is 68.6. The van der Waals surface area contributed by atoms with Crippen LogP contribution < -0.4 is 0 Å². The molecule has 17 nitrogen and oxygen atoms in total. The number of esters is 4. The highest BCUT2D eigenvalue weighted by Crippen LogP contribution is 2.45. The predicted octanol–water partition coefficient (Wildman–Crippen LogP) is 22.6. The Bertz CT molecular complexity index is 1870. The van der Waals surface area contributed by atoms with E-state index in [2.05, 4.69) is 48.5 Å². The van der Waals surface area contributed by atoms with Gasteiger partial charge in [-0.15, -0.1) is 0 Å². The molecule has 0 fully saturated rings. The number of carbonyl (C=O) groups is 4. The zero-order valence-electron chi connectivity index (χ0n) is 62.8. The molecule has 96 heavy (non-hydrogen) atoms. The predicted molar refractivity (Wildman–Crippen MR) is 391 cm³/mol. The van der Waals surface area contributed by atoms with Crippen LogP contribution in [-0.4, -0.2) is 96.7 Å². The molecule has 6 atom stereocenters. The van der Waals surface area contributed by atoms with Gasteiger partial charge in [-0.3, -0.25) is 37.3 Å². The summed E-state index contributed by atoms with van der Waals surface area (Å²) in [4.78, 5) is 72.9. The molecule has 19 heteroatoms. The number of hydrogen-bond acceptors (Lipinski definition) is 15. The van der Waals surface area contributed by atoms with Gasteiger partial charge in [-0.1, -0.05) is 344 Å². The van der Waals surface area contributed by atoms with Crippen molar-refractivity contribution in [2.45, 2.75) is 414 Å². The van der Waals surface area contributed by atoms with Crippen molar-refractivity contribution >= 4 is 39.5 Å². The first-order valence-corrected chi connectivity index (χ1v) is 42.9. The molecular weight excluding hydrogens is 1260 g/mol. The van der Waals surface area contributed by atoms with E-state index in [0.29, 0.717) is 25.7 Å². The Kier molecular flexibility index (Phi) is 66.2. The number of unbranched alkanes of at least 4 members (excludes halogenated alkanes) is 42. The quantitative estimate of drug-likeness (QED) is 0.0222. The van der Waals surface area contributed by atoms with E-state index in [1.807, 2.05) is 0 Å². The van der Waals surface area contributed by atoms with Gasteiger partial charge in [0, 0.05) is 25.7 Å². The Hall–Kier alpha value is -1.94. The molecule has 0 aliphatic heterocycles. The molecule has 0 amide bonds. The molecule has 570 valence electrons. The zero-order valence-corrected chi connectivity index (χ0v) is 64.6. The van der Waals surface area contributed by atoms with E-state index in [4.69, 9.17) is 37.0 Å². The van der Waals surface area contributed by atoms with Crippen LogP contribution in [0, 0.1) is 17.8 Å². The third-order valence-corrected chi connectivity index (χ3v) is 20.1. The van der Waals surface area contributed by atoms with Crippen LogP contribution >= 0.6 is 15.6 Å². The van der Waals surface area contributed by atoms with Crippen molar-refractivity contribution in [2.75, 3.05) is 39.6 Å². The Morgan fingerprint density at radius 3 is 0.792 bits per heavy atom. The number of aliphatic hydroxyl groups is 1. The van der Waals surface area contributed by atoms with Gasteiger partial charge >= 0.3 is 39.5 Å². The van der Waals surface area contributed by atoms with Crippen LogP contribution in [0.15, 0.2) is 0 Å². The highest BCUT2D eigenvalue weighted by Gasteiger charge is 2.30. The molecule has 3 unspecified atom stereocenters. The van der Waals surface area contributed by atoms with Crippen molar-refractivity contribution in [1.82, 2.24) is 0 Å². The minimum Gasteiger partial charge on any atom is -0.462 e. The molecule has 0 aliphatic rings. The monoisotopic (exact) mass is 1410 g/mol. The lowest BCUT2D eigenvalue weighted by Crippen LogP contribution is -2.30. The molecule has 0 aliphatic carbocycles. The maximum Gasteiger partial charge on any atom is 0.472 e. The molecule has 0 bridgehead atoms. The molecule has 0 radical (unpaired) electrons. The Morgan fingerprint density at radius 1 is 0.302 bits per heavy atom. The molecule has 3 N–H and O–H groups in total. The molecule has 0 aromatic rings. The minimum atomic E-state index is -4.96. The van der Waals surface area contributed by atoms with E-state index in [1.165, 1.54) is 199 Å². The average Bonchev–Trinajstić information content (AvgIpc) is 1.09. The van der Waals surface area contributed by atoms with Gasteiger partial charge in [0.1, 0.15) is 19.3 Å². The van der Waals surface area contributed by atoms with E-state index >= 15 is 0 Å². The molecule has 0 saturated carbocycles. The van der Waals surface area contributed by atoms with Crippen molar-refractivity contribution in [3.63, 3.8) is 0 Å². The van der Waals surface area contributed by atoms with Crippen LogP contribution in [0.2, 0.25) is 0 Å². The van der Waals surface area contributed by atoms with Crippen LogP contribution in [0.1, 0.15) is 395 Å². The van der Waals surface area contributed by atoms with Crippen molar-refractivity contribution in [3.05, 3.63) is 0 Å². The van der Waals surface area contributed by atoms with Crippen LogP contribution in [0.4, 0.5) is 0 Å². The Labute approximate surface area is 588 Å². The highest BCUT2D eigenvalue weighted by molar-refractivity contribution is 7.47. The van der Waals surface area contributed by atoms with Gasteiger partial charge in [0.25, 0.3) is 0 Å². The first-order chi connectivity index (χ1) is 46.3. The van der Waals surface area contributed by atoms with Gasteiger partial charge in [0.2, 0.25) is 0 Å². The summed E-state index contributed by atoms with van der Waals surface area (Å²) >= 11 is 0. The van der Waals surface area contributed by atoms with Gasteiger partial charge in [0.05, 0.1) is 26.4 Å². The van der Waals surface area contributed by atoms with Gasteiger partial charge in [-0.05, 0) is 43.4 Å². The third-order valence-electron chi connectivity index (χ3n) is 18.2. The minimum absolute atomic E-state index is 0.107. The largest absolute Gasteiger partial charge is 0.472 e. The lowest BCUT2D eigenvalue weighted by molar-refractivity contribution is -0.161. The van der Waals surface area contributed by atoms with E-state index < -0.39 is 97.5 Å². The maximum absolute atomic E-state index is 13.1. The lowest BCUT2D eigenvalue weighted by atomic mass is 10.00. The van der Waals surface area contributed by atoms with Crippen molar-refractivity contribution in [1.29, 1.82) is 0 Å². The normalized spacial score (nSPS) is 14.3. The summed E-state index contributed by atoms with van der Waals surface area (Å²) in [6.45, 7) is 11.9. The summed E-state index contributed by atoms with van der Waals surface area (Å²) in [5.41, 5.74) is 0. The number of phosphoric acid groups is 2. The second-order valence-corrected chi connectivity index (χ2v) is 31.8. The molecule has 0 saturated heterocycles. The van der Waals surface area contributed by atoms with Gasteiger partial charge in [-0.25, -0.2) is 9.13 Å². The molecule has 0 aromatic carbocycles. The van der Waals surface area contributed by atoms with Gasteiger partial charge < -0.3 is 33.8 Å². The van der Waals surface area contributed by atoms with Crippen molar-refractivity contribution in [3.8, 4) is 0 Å². The Morgan fingerprint density at radius 2 is 0.531 bits per heavy atom. The molecule has 0 heterocycles. The zero-order chi connectivity index (χ0) is 70.9. The number of rotatable bonds is 75. The molecule has 0 spiro atoms. The number of phosphoric ester groups is 2. The summed E-state index contributed by atoms with van der Waals surface area (Å²) in [6, 6.07) is 0. The molecular formula is C77H150O17P2. The van der Waals surface area contributed by atoms with Crippen LogP contribution in [0.3, 0.4) is 0 Å². The fourth-order valence-corrected chi connectivity index (χ4v) is 13.3. The summed E-state index contributed by atoms with van der Waals surface area (Å²) in [5.74, 6) is 0.192. The fourth-order valence-electron chi connectivity index (χ4n) is 11.7. The number of hydrogen-bond donors (Lipinski definition) is 3. The first kappa shape index (κ1) is 94.1. The van der Waals surface area contributed by atoms with Gasteiger partial charge in [-0.2, -0.15) is 0 Å². The third kappa shape index (κ3) is 69.2. The summed E-state index contributed by atoms with van der Waals surface area (Å²) in [6.07, 6.45) is 54.0. The number of carbonyl (C=O) groups excluding carboxylic acids is 4. The lowest BCUT2D eigenvalue weighted by Gasteiger charge is -2.21. The average molecular weight is 1410 g/mol. The van der Waals surface area contributed by atoms with Crippen molar-refractivity contribution < 1.29 is 80.2 Å². The number of aliphatic hydroxyl groups excluding tert-OH is 1. The van der Waals surface area contributed by atoms with E-state index in [1.54, 1.807) is 0 Å². The van der Waals surface area contributed by atoms with E-state index in [-0.39, 0.29) is 25.7 Å². The van der Waals surface area contributed by atoms with E-state index in [9.17, 15) is 43.2 Å². The van der Waals surface area contributed by atoms with Gasteiger partial charge in [0.15, 0.2) is 12.2 Å². The fraction of sp³-hybridized carbons (Fsp3) is 0.948. The first-order valence-electron chi connectivity index (χ1n) is 39.9. The SMILES string of the molecule is CCCCCCCCCCCCCCCCC(=O)O[C@H](COC(=O)CCCCCCCCC(C)CC)COP(=O)(O)OC[C@H](O)COP(=O)(O)OC[C@@H](COC(=O)CCCCCCCCCCCCCCC(C)C)OC(=O)CCCCCCCCCCCCCCCCC(C)C. The summed E-state index contributed by atoms with van der Waals surface area (Å²) in [7, 11) is -9.91. The van der Waals surface area contributed by atoms with Crippen LogP contribution in [0.25, 0.3) is 0 Å². The van der Waals surface area contributed by atoms with E-state index in [0.717, 1.165) is 114 Å². The summed E-state index contributed by atoms with van der Waals surface area (Å²) in [5, 5.41) is 10.6. The molecule has 0 aromatic heterocycles. The standard InChI is InChI=1S/C77H150O17P2/c1-8-10-11-12-13-14-15-16-20-27-32-37-46-53-60-77(82)94-73(65-88-75(80)59-52-45-40-39-43-50-57-70(7)9-2)67-92-96(85,86)90-63-71(78)62-89-95(83,84)91-66-72(64-87-74(79)58-51-44-36-31-26-23-22-25-30-35-42-49-56-69(5)6)93-76(81)61-54-47-38-33-28-21-18-17-19-24-29-34-41-48-55-68(3)4/h68-73,78H,8-67H2,1-7H3,(H,83,84)(H,85,86)/t70?,71-,72-,73-/m1/s1. The molecule has 0 rings (SSSR count). The van der Waals surface area contributed by atoms with Crippen LogP contribution in [-0.2, 0) is 65.4 Å². The van der Waals surface area contributed by atoms with Crippen molar-refractivity contribution in [2.24, 2.45) is 17.8 Å². The second kappa shape index (κ2) is 67.5. The highest BCUT2D eigenvalue weighted by atomic mass is 31.2. The second-order valence-electron chi connectivity index (χ2n) is 28.9. The van der Waals surface area contributed by atoms with Crippen LogP contribution in [0.5, 0.6) is 0 Å². The number of ether oxygens (including phenoxy) is 4. The maximum atomic E-state index is 13.1. The topological polar surface area (TPSA) is 237 Å². The smallest absolute Gasteiger partial charge is 0.462 e. The Balaban J connectivity index is 5.26.